The van der Waals surface area contributed by atoms with Crippen molar-refractivity contribution in [2.24, 2.45) is 0 Å². The number of hydrogen-bond acceptors (Lipinski definition) is 5. The lowest BCUT2D eigenvalue weighted by molar-refractivity contribution is 0.0601. The fourth-order valence-corrected chi connectivity index (χ4v) is 3.97. The van der Waals surface area contributed by atoms with Gasteiger partial charge >= 0.3 is 5.97 Å². The van der Waals surface area contributed by atoms with E-state index >= 15 is 0 Å². The summed E-state index contributed by atoms with van der Waals surface area (Å²) in [5.41, 5.74) is 2.13. The van der Waals surface area contributed by atoms with Crippen molar-refractivity contribution in [2.75, 3.05) is 17.7 Å². The molecule has 0 aliphatic rings. The highest BCUT2D eigenvalue weighted by atomic mass is 32.1. The SMILES string of the molecule is COC(=O)c1c(NC(=O)c2ccccc2C)sc(C(=O)Nc2ccc(F)cc2)c1C. The molecule has 3 rings (SSSR count). The van der Waals surface area contributed by atoms with Crippen molar-refractivity contribution < 1.29 is 23.5 Å². The Morgan fingerprint density at radius 1 is 0.933 bits per heavy atom. The number of anilines is 2. The monoisotopic (exact) mass is 426 g/mol. The molecule has 0 radical (unpaired) electrons. The maximum absolute atomic E-state index is 13.1. The van der Waals surface area contributed by atoms with Gasteiger partial charge in [-0.15, -0.1) is 11.3 Å². The van der Waals surface area contributed by atoms with E-state index in [0.29, 0.717) is 16.8 Å². The molecule has 0 bridgehead atoms. The molecule has 0 saturated heterocycles. The Morgan fingerprint density at radius 3 is 2.23 bits per heavy atom. The lowest BCUT2D eigenvalue weighted by Gasteiger charge is -2.08. The summed E-state index contributed by atoms with van der Waals surface area (Å²) in [5.74, 6) is -1.96. The summed E-state index contributed by atoms with van der Waals surface area (Å²) >= 11 is 0.970. The third-order valence-electron chi connectivity index (χ3n) is 4.46. The van der Waals surface area contributed by atoms with Gasteiger partial charge in [0.15, 0.2) is 0 Å². The van der Waals surface area contributed by atoms with E-state index in [1.165, 1.54) is 31.4 Å². The summed E-state index contributed by atoms with van der Waals surface area (Å²) in [7, 11) is 1.23. The van der Waals surface area contributed by atoms with E-state index in [2.05, 4.69) is 10.6 Å². The van der Waals surface area contributed by atoms with Gasteiger partial charge in [-0.25, -0.2) is 9.18 Å². The molecule has 8 heteroatoms. The second-order valence-corrected chi connectivity index (χ2v) is 7.50. The van der Waals surface area contributed by atoms with Gasteiger partial charge in [0.05, 0.1) is 17.6 Å². The molecular weight excluding hydrogens is 407 g/mol. The van der Waals surface area contributed by atoms with Crippen molar-refractivity contribution in [3.8, 4) is 0 Å². The number of carbonyl (C=O) groups is 3. The molecule has 1 aromatic heterocycles. The molecular formula is C22H19FN2O4S. The molecule has 0 aliphatic carbocycles. The normalized spacial score (nSPS) is 10.4. The number of rotatable bonds is 5. The number of halogens is 1. The highest BCUT2D eigenvalue weighted by Crippen LogP contribution is 2.34. The molecule has 2 amide bonds. The van der Waals surface area contributed by atoms with E-state index in [0.717, 1.165) is 16.9 Å². The zero-order valence-electron chi connectivity index (χ0n) is 16.5. The minimum atomic E-state index is -0.662. The number of thiophene rings is 1. The fraction of sp³-hybridized carbons (Fsp3) is 0.136. The van der Waals surface area contributed by atoms with Gasteiger partial charge < -0.3 is 15.4 Å². The van der Waals surface area contributed by atoms with Crippen LogP contribution in [0.1, 0.15) is 41.5 Å². The molecule has 2 N–H and O–H groups in total. The number of aryl methyl sites for hydroxylation is 1. The smallest absolute Gasteiger partial charge is 0.341 e. The van der Waals surface area contributed by atoms with Crippen LogP contribution < -0.4 is 10.6 Å². The van der Waals surface area contributed by atoms with Crippen LogP contribution in [0.4, 0.5) is 15.1 Å². The third-order valence-corrected chi connectivity index (χ3v) is 5.67. The summed E-state index contributed by atoms with van der Waals surface area (Å²) < 4.78 is 17.9. The molecule has 0 aliphatic heterocycles. The van der Waals surface area contributed by atoms with Crippen molar-refractivity contribution in [3.63, 3.8) is 0 Å². The van der Waals surface area contributed by atoms with Crippen LogP contribution in [-0.4, -0.2) is 24.9 Å². The number of hydrogen-bond donors (Lipinski definition) is 2. The number of benzene rings is 2. The van der Waals surface area contributed by atoms with Gasteiger partial charge in [0, 0.05) is 11.3 Å². The van der Waals surface area contributed by atoms with Crippen LogP contribution in [0.2, 0.25) is 0 Å². The molecule has 30 heavy (non-hydrogen) atoms. The van der Waals surface area contributed by atoms with Gasteiger partial charge in [0.2, 0.25) is 0 Å². The Hall–Kier alpha value is -3.52. The molecule has 0 saturated carbocycles. The minimum absolute atomic E-state index is 0.119. The van der Waals surface area contributed by atoms with E-state index in [1.807, 2.05) is 6.07 Å². The maximum atomic E-state index is 13.1. The molecule has 3 aromatic rings. The second kappa shape index (κ2) is 8.87. The predicted octanol–water partition coefficient (Wildman–Crippen LogP) is 4.80. The van der Waals surface area contributed by atoms with Gasteiger partial charge in [-0.3, -0.25) is 9.59 Å². The predicted molar refractivity (Wildman–Crippen MR) is 114 cm³/mol. The van der Waals surface area contributed by atoms with Crippen molar-refractivity contribution in [1.29, 1.82) is 0 Å². The summed E-state index contributed by atoms with van der Waals surface area (Å²) in [6.07, 6.45) is 0. The summed E-state index contributed by atoms with van der Waals surface area (Å²) in [6.45, 7) is 3.41. The van der Waals surface area contributed by atoms with Crippen LogP contribution in [0.25, 0.3) is 0 Å². The Bertz CT molecular complexity index is 1120. The first-order valence-electron chi connectivity index (χ1n) is 8.97. The van der Waals surface area contributed by atoms with E-state index in [1.54, 1.807) is 32.0 Å². The van der Waals surface area contributed by atoms with Crippen LogP contribution in [0, 0.1) is 19.7 Å². The Morgan fingerprint density at radius 2 is 1.60 bits per heavy atom. The Balaban J connectivity index is 1.94. The molecule has 6 nitrogen and oxygen atoms in total. The average Bonchev–Trinajstić information content (AvgIpc) is 3.05. The Labute approximate surface area is 176 Å². The third kappa shape index (κ3) is 4.38. The molecule has 0 unspecified atom stereocenters. The number of ether oxygens (including phenoxy) is 1. The van der Waals surface area contributed by atoms with Crippen molar-refractivity contribution in [1.82, 2.24) is 0 Å². The highest BCUT2D eigenvalue weighted by molar-refractivity contribution is 7.19. The van der Waals surface area contributed by atoms with Crippen LogP contribution in [0.15, 0.2) is 48.5 Å². The summed E-state index contributed by atoms with van der Waals surface area (Å²) in [4.78, 5) is 38.0. The zero-order valence-corrected chi connectivity index (χ0v) is 17.4. The quantitative estimate of drug-likeness (QED) is 0.574. The Kier molecular flexibility index (Phi) is 6.27. The largest absolute Gasteiger partial charge is 0.465 e. The first kappa shape index (κ1) is 21.2. The maximum Gasteiger partial charge on any atom is 0.341 e. The number of methoxy groups -OCH3 is 1. The van der Waals surface area contributed by atoms with Gasteiger partial charge in [-0.1, -0.05) is 18.2 Å². The van der Waals surface area contributed by atoms with Crippen molar-refractivity contribution >= 4 is 39.8 Å². The van der Waals surface area contributed by atoms with E-state index in [9.17, 15) is 18.8 Å². The molecule has 0 atom stereocenters. The van der Waals surface area contributed by atoms with Gasteiger partial charge in [-0.05, 0) is 55.3 Å². The first-order valence-corrected chi connectivity index (χ1v) is 9.79. The molecule has 1 heterocycles. The van der Waals surface area contributed by atoms with E-state index in [-0.39, 0.29) is 15.4 Å². The highest BCUT2D eigenvalue weighted by Gasteiger charge is 2.27. The van der Waals surface area contributed by atoms with Crippen LogP contribution in [-0.2, 0) is 4.74 Å². The lowest BCUT2D eigenvalue weighted by Crippen LogP contribution is -2.15. The second-order valence-electron chi connectivity index (χ2n) is 6.48. The van der Waals surface area contributed by atoms with Gasteiger partial charge in [-0.2, -0.15) is 0 Å². The number of nitrogens with one attached hydrogen (secondary N) is 2. The van der Waals surface area contributed by atoms with Gasteiger partial charge in [0.25, 0.3) is 11.8 Å². The van der Waals surface area contributed by atoms with Crippen LogP contribution in [0.5, 0.6) is 0 Å². The van der Waals surface area contributed by atoms with Gasteiger partial charge in [0.1, 0.15) is 10.8 Å². The van der Waals surface area contributed by atoms with E-state index in [4.69, 9.17) is 4.74 Å². The number of esters is 1. The molecule has 2 aromatic carbocycles. The summed E-state index contributed by atoms with van der Waals surface area (Å²) in [6, 6.07) is 12.3. The van der Waals surface area contributed by atoms with Crippen molar-refractivity contribution in [2.45, 2.75) is 13.8 Å². The number of carbonyl (C=O) groups excluding carboxylic acids is 3. The van der Waals surface area contributed by atoms with Crippen molar-refractivity contribution in [3.05, 3.63) is 81.5 Å². The first-order chi connectivity index (χ1) is 14.3. The minimum Gasteiger partial charge on any atom is -0.465 e. The molecule has 0 spiro atoms. The zero-order chi connectivity index (χ0) is 21.8. The van der Waals surface area contributed by atoms with E-state index < -0.39 is 23.6 Å². The number of amides is 2. The lowest BCUT2D eigenvalue weighted by atomic mass is 10.1. The molecule has 154 valence electrons. The van der Waals surface area contributed by atoms with Crippen LogP contribution >= 0.6 is 11.3 Å². The topological polar surface area (TPSA) is 84.5 Å². The summed E-state index contributed by atoms with van der Waals surface area (Å²) in [5, 5.41) is 5.60. The van der Waals surface area contributed by atoms with Crippen LogP contribution in [0.3, 0.4) is 0 Å². The standard InChI is InChI=1S/C22H19FN2O4S/c1-12-6-4-5-7-16(12)19(26)25-21-17(22(28)29-3)13(2)18(30-21)20(27)24-15-10-8-14(23)9-11-15/h4-11H,1-3H3,(H,24,27)(H,25,26). The molecule has 0 fully saturated rings. The fourth-order valence-electron chi connectivity index (χ4n) is 2.89. The average molecular weight is 426 g/mol.